The summed E-state index contributed by atoms with van der Waals surface area (Å²) >= 11 is 0. The quantitative estimate of drug-likeness (QED) is 0.418. The SMILES string of the molecule is COC(=O)CCC(C(N)=O)N1Cc2c(OCc3ccc(CC4CCN(CC5CC5)CC4)cc3)cccc2C1=O. The molecule has 1 unspecified atom stereocenters. The molecule has 0 aromatic heterocycles. The first-order valence-corrected chi connectivity index (χ1v) is 14.1. The van der Waals surface area contributed by atoms with Gasteiger partial charge in [-0.1, -0.05) is 30.3 Å². The molecule has 0 spiro atoms. The molecular formula is C31H39N3O5. The van der Waals surface area contributed by atoms with E-state index in [9.17, 15) is 14.4 Å². The minimum atomic E-state index is -0.894. The van der Waals surface area contributed by atoms with Crippen molar-refractivity contribution in [3.05, 3.63) is 64.7 Å². The topological polar surface area (TPSA) is 102 Å². The minimum absolute atomic E-state index is 0.00317. The van der Waals surface area contributed by atoms with Gasteiger partial charge in [0.2, 0.25) is 5.91 Å². The largest absolute Gasteiger partial charge is 0.489 e. The molecule has 1 aliphatic carbocycles. The van der Waals surface area contributed by atoms with E-state index in [1.54, 1.807) is 12.1 Å². The summed E-state index contributed by atoms with van der Waals surface area (Å²) in [4.78, 5) is 40.9. The van der Waals surface area contributed by atoms with E-state index in [4.69, 9.17) is 10.5 Å². The Morgan fingerprint density at radius 1 is 1.00 bits per heavy atom. The highest BCUT2D eigenvalue weighted by molar-refractivity contribution is 6.01. The summed E-state index contributed by atoms with van der Waals surface area (Å²) in [5.74, 6) is 0.958. The number of benzene rings is 2. The van der Waals surface area contributed by atoms with Gasteiger partial charge in [-0.05, 0) is 86.7 Å². The van der Waals surface area contributed by atoms with Gasteiger partial charge in [-0.25, -0.2) is 0 Å². The molecule has 5 rings (SSSR count). The van der Waals surface area contributed by atoms with Crippen molar-refractivity contribution in [1.82, 2.24) is 9.80 Å². The maximum Gasteiger partial charge on any atom is 0.305 e. The van der Waals surface area contributed by atoms with Crippen molar-refractivity contribution >= 4 is 17.8 Å². The van der Waals surface area contributed by atoms with Crippen molar-refractivity contribution < 1.29 is 23.9 Å². The van der Waals surface area contributed by atoms with Gasteiger partial charge < -0.3 is 25.0 Å². The Kier molecular flexibility index (Phi) is 8.50. The molecule has 1 saturated heterocycles. The van der Waals surface area contributed by atoms with Crippen molar-refractivity contribution in [3.63, 3.8) is 0 Å². The monoisotopic (exact) mass is 533 g/mol. The summed E-state index contributed by atoms with van der Waals surface area (Å²) in [5, 5.41) is 0. The van der Waals surface area contributed by atoms with Crippen LogP contribution in [0.4, 0.5) is 0 Å². The summed E-state index contributed by atoms with van der Waals surface area (Å²) < 4.78 is 10.8. The van der Waals surface area contributed by atoms with Crippen LogP contribution in [0.1, 0.15) is 65.6 Å². The van der Waals surface area contributed by atoms with Crippen LogP contribution in [-0.2, 0) is 33.9 Å². The van der Waals surface area contributed by atoms with Gasteiger partial charge in [0.25, 0.3) is 5.91 Å². The van der Waals surface area contributed by atoms with E-state index in [0.717, 1.165) is 29.4 Å². The second-order valence-corrected chi connectivity index (χ2v) is 11.2. The molecule has 1 saturated carbocycles. The van der Waals surface area contributed by atoms with Crippen LogP contribution in [0, 0.1) is 11.8 Å². The van der Waals surface area contributed by atoms with E-state index in [1.807, 2.05) is 6.07 Å². The predicted octanol–water partition coefficient (Wildman–Crippen LogP) is 3.69. The van der Waals surface area contributed by atoms with Crippen molar-refractivity contribution in [2.24, 2.45) is 17.6 Å². The molecule has 2 N–H and O–H groups in total. The van der Waals surface area contributed by atoms with Gasteiger partial charge in [-0.15, -0.1) is 0 Å². The molecule has 2 aromatic rings. The standard InChI is InChI=1S/C31H39N3O5/c1-38-29(35)12-11-27(30(32)36)34-19-26-25(31(34)37)3-2-4-28(26)39-20-24-9-5-21(6-10-24)17-22-13-15-33(16-14-22)18-23-7-8-23/h2-6,9-10,22-23,27H,7-8,11-20H2,1H3,(H2,32,36). The van der Waals surface area contributed by atoms with Crippen LogP contribution < -0.4 is 10.5 Å². The van der Waals surface area contributed by atoms with Gasteiger partial charge in [0.15, 0.2) is 0 Å². The molecule has 3 aliphatic rings. The van der Waals surface area contributed by atoms with Crippen molar-refractivity contribution in [2.45, 2.75) is 64.1 Å². The van der Waals surface area contributed by atoms with Crippen LogP contribution >= 0.6 is 0 Å². The van der Waals surface area contributed by atoms with Crippen LogP contribution in [0.3, 0.4) is 0 Å². The first kappa shape index (κ1) is 27.2. The maximum absolute atomic E-state index is 13.1. The Morgan fingerprint density at radius 2 is 1.72 bits per heavy atom. The van der Waals surface area contributed by atoms with Crippen molar-refractivity contribution in [2.75, 3.05) is 26.7 Å². The van der Waals surface area contributed by atoms with Crippen LogP contribution in [0.2, 0.25) is 0 Å². The average Bonchev–Trinajstić information content (AvgIpc) is 3.70. The van der Waals surface area contributed by atoms with E-state index in [0.29, 0.717) is 17.9 Å². The van der Waals surface area contributed by atoms with E-state index in [-0.39, 0.29) is 25.3 Å². The number of ether oxygens (including phenoxy) is 2. The zero-order valence-corrected chi connectivity index (χ0v) is 22.8. The highest BCUT2D eigenvalue weighted by Crippen LogP contribution is 2.34. The molecule has 39 heavy (non-hydrogen) atoms. The number of methoxy groups -OCH3 is 1. The van der Waals surface area contributed by atoms with Crippen molar-refractivity contribution in [1.29, 1.82) is 0 Å². The van der Waals surface area contributed by atoms with Crippen LogP contribution in [0.15, 0.2) is 42.5 Å². The van der Waals surface area contributed by atoms with E-state index >= 15 is 0 Å². The zero-order valence-electron chi connectivity index (χ0n) is 22.8. The number of hydrogen-bond acceptors (Lipinski definition) is 6. The average molecular weight is 534 g/mol. The molecule has 0 radical (unpaired) electrons. The fourth-order valence-electron chi connectivity index (χ4n) is 5.83. The number of nitrogens with zero attached hydrogens (tertiary/aromatic N) is 2. The lowest BCUT2D eigenvalue weighted by atomic mass is 9.90. The normalized spacial score (nSPS) is 18.6. The number of carbonyl (C=O) groups is 3. The third kappa shape index (κ3) is 6.79. The Hall–Kier alpha value is -3.39. The predicted molar refractivity (Wildman–Crippen MR) is 147 cm³/mol. The van der Waals surface area contributed by atoms with Crippen LogP contribution in [0.5, 0.6) is 5.75 Å². The van der Waals surface area contributed by atoms with Gasteiger partial charge in [0, 0.05) is 24.1 Å². The lowest BCUT2D eigenvalue weighted by Gasteiger charge is -2.32. The third-order valence-corrected chi connectivity index (χ3v) is 8.37. The fourth-order valence-corrected chi connectivity index (χ4v) is 5.83. The molecule has 8 nitrogen and oxygen atoms in total. The van der Waals surface area contributed by atoms with Gasteiger partial charge in [0.05, 0.1) is 13.7 Å². The number of rotatable bonds is 12. The Morgan fingerprint density at radius 3 is 2.38 bits per heavy atom. The van der Waals surface area contributed by atoms with Gasteiger partial charge in [-0.2, -0.15) is 0 Å². The molecule has 2 heterocycles. The molecule has 0 bridgehead atoms. The minimum Gasteiger partial charge on any atom is -0.489 e. The summed E-state index contributed by atoms with van der Waals surface area (Å²) in [5.41, 5.74) is 9.25. The zero-order chi connectivity index (χ0) is 27.4. The lowest BCUT2D eigenvalue weighted by molar-refractivity contribution is -0.141. The highest BCUT2D eigenvalue weighted by atomic mass is 16.5. The number of amides is 2. The van der Waals surface area contributed by atoms with Gasteiger partial charge in [-0.3, -0.25) is 14.4 Å². The van der Waals surface area contributed by atoms with Crippen molar-refractivity contribution in [3.8, 4) is 5.75 Å². The third-order valence-electron chi connectivity index (χ3n) is 8.37. The molecule has 8 heteroatoms. The summed E-state index contributed by atoms with van der Waals surface area (Å²) in [6, 6.07) is 13.1. The Labute approximate surface area is 230 Å². The van der Waals surface area contributed by atoms with E-state index < -0.39 is 17.9 Å². The van der Waals surface area contributed by atoms with Crippen LogP contribution in [-0.4, -0.2) is 60.4 Å². The number of primary amides is 1. The number of hydrogen-bond donors (Lipinski definition) is 1. The second-order valence-electron chi connectivity index (χ2n) is 11.2. The first-order valence-electron chi connectivity index (χ1n) is 14.1. The summed E-state index contributed by atoms with van der Waals surface area (Å²) in [7, 11) is 1.29. The fraction of sp³-hybridized carbons (Fsp3) is 0.516. The van der Waals surface area contributed by atoms with Gasteiger partial charge in [0.1, 0.15) is 18.4 Å². The molecule has 2 aliphatic heterocycles. The Bertz CT molecular complexity index is 1190. The molecule has 1 atom stereocenters. The molecular weight excluding hydrogens is 494 g/mol. The molecule has 2 fully saturated rings. The van der Waals surface area contributed by atoms with E-state index in [1.165, 1.54) is 62.9 Å². The molecule has 2 amide bonds. The van der Waals surface area contributed by atoms with Gasteiger partial charge >= 0.3 is 5.97 Å². The van der Waals surface area contributed by atoms with E-state index in [2.05, 4.69) is 33.9 Å². The number of carbonyl (C=O) groups excluding carboxylic acids is 3. The Balaban J connectivity index is 1.15. The number of likely N-dealkylation sites (tertiary alicyclic amines) is 1. The number of piperidine rings is 1. The smallest absolute Gasteiger partial charge is 0.305 e. The number of fused-ring (bicyclic) bond motifs is 1. The summed E-state index contributed by atoms with van der Waals surface area (Å²) in [6.45, 7) is 4.36. The lowest BCUT2D eigenvalue weighted by Crippen LogP contribution is -2.45. The number of nitrogens with two attached hydrogens (primary N) is 1. The highest BCUT2D eigenvalue weighted by Gasteiger charge is 2.37. The second kappa shape index (κ2) is 12.2. The summed E-state index contributed by atoms with van der Waals surface area (Å²) in [6.07, 6.45) is 6.66. The number of esters is 1. The molecule has 2 aromatic carbocycles. The van der Waals surface area contributed by atoms with Crippen LogP contribution in [0.25, 0.3) is 0 Å². The maximum atomic E-state index is 13.1. The molecule has 208 valence electrons. The first-order chi connectivity index (χ1) is 18.9.